The summed E-state index contributed by atoms with van der Waals surface area (Å²) in [5.74, 6) is 1.24. The zero-order valence-corrected chi connectivity index (χ0v) is 12.3. The Balaban J connectivity index is 2.21. The van der Waals surface area contributed by atoms with Gasteiger partial charge in [0.2, 0.25) is 0 Å². The monoisotopic (exact) mass is 278 g/mol. The standard InChI is InChI=1S/C15H22N2O3/c1-15(9-16)4-5-17(10-15)14(18)11-6-12(19-2)8-13(7-11)20-3/h6-8H,4-5,9-10,16H2,1-3H3. The largest absolute Gasteiger partial charge is 0.497 e. The van der Waals surface area contributed by atoms with Gasteiger partial charge in [0.25, 0.3) is 5.91 Å². The summed E-state index contributed by atoms with van der Waals surface area (Å²) in [5.41, 5.74) is 6.39. The van der Waals surface area contributed by atoms with Crippen LogP contribution < -0.4 is 15.2 Å². The van der Waals surface area contributed by atoms with E-state index < -0.39 is 0 Å². The molecule has 1 atom stereocenters. The van der Waals surface area contributed by atoms with E-state index in [2.05, 4.69) is 6.92 Å². The van der Waals surface area contributed by atoms with Crippen molar-refractivity contribution in [2.24, 2.45) is 11.1 Å². The normalized spacial score (nSPS) is 21.9. The molecule has 1 amide bonds. The van der Waals surface area contributed by atoms with Crippen LogP contribution in [0, 0.1) is 5.41 Å². The lowest BCUT2D eigenvalue weighted by atomic mass is 9.90. The first-order valence-corrected chi connectivity index (χ1v) is 6.74. The van der Waals surface area contributed by atoms with E-state index in [1.165, 1.54) is 0 Å². The second-order valence-corrected chi connectivity index (χ2v) is 5.59. The molecule has 0 saturated carbocycles. The van der Waals surface area contributed by atoms with Gasteiger partial charge in [-0.25, -0.2) is 0 Å². The number of hydrogen-bond donors (Lipinski definition) is 1. The second kappa shape index (κ2) is 5.71. The average molecular weight is 278 g/mol. The van der Waals surface area contributed by atoms with E-state index in [1.54, 1.807) is 32.4 Å². The molecule has 1 heterocycles. The number of methoxy groups -OCH3 is 2. The number of benzene rings is 1. The van der Waals surface area contributed by atoms with Crippen molar-refractivity contribution in [3.8, 4) is 11.5 Å². The highest BCUT2D eigenvalue weighted by Gasteiger charge is 2.35. The van der Waals surface area contributed by atoms with Crippen molar-refractivity contribution >= 4 is 5.91 Å². The van der Waals surface area contributed by atoms with Crippen LogP contribution in [0.4, 0.5) is 0 Å². The maximum absolute atomic E-state index is 12.6. The molecule has 1 aromatic carbocycles. The van der Waals surface area contributed by atoms with E-state index in [4.69, 9.17) is 15.2 Å². The highest BCUT2D eigenvalue weighted by Crippen LogP contribution is 2.31. The van der Waals surface area contributed by atoms with E-state index in [0.29, 0.717) is 30.2 Å². The number of amides is 1. The number of hydrogen-bond acceptors (Lipinski definition) is 4. The van der Waals surface area contributed by atoms with Crippen molar-refractivity contribution in [2.75, 3.05) is 33.9 Å². The number of nitrogens with two attached hydrogens (primary N) is 1. The molecular formula is C15H22N2O3. The van der Waals surface area contributed by atoms with Crippen molar-refractivity contribution < 1.29 is 14.3 Å². The smallest absolute Gasteiger partial charge is 0.254 e. The predicted molar refractivity (Wildman–Crippen MR) is 77.2 cm³/mol. The van der Waals surface area contributed by atoms with Crippen LogP contribution in [0.3, 0.4) is 0 Å². The molecule has 1 aliphatic heterocycles. The Kier molecular flexibility index (Phi) is 4.18. The van der Waals surface area contributed by atoms with Crippen LogP contribution in [-0.2, 0) is 0 Å². The van der Waals surface area contributed by atoms with Crippen molar-refractivity contribution in [2.45, 2.75) is 13.3 Å². The van der Waals surface area contributed by atoms with Gasteiger partial charge in [-0.05, 0) is 30.5 Å². The van der Waals surface area contributed by atoms with Crippen LogP contribution in [0.1, 0.15) is 23.7 Å². The zero-order chi connectivity index (χ0) is 14.8. The minimum absolute atomic E-state index is 0.000579. The van der Waals surface area contributed by atoms with Crippen LogP contribution in [0.5, 0.6) is 11.5 Å². The third-order valence-corrected chi connectivity index (χ3v) is 3.94. The number of rotatable bonds is 4. The Hall–Kier alpha value is -1.75. The summed E-state index contributed by atoms with van der Waals surface area (Å²) in [4.78, 5) is 14.4. The van der Waals surface area contributed by atoms with E-state index in [1.807, 2.05) is 4.90 Å². The highest BCUT2D eigenvalue weighted by atomic mass is 16.5. The summed E-state index contributed by atoms with van der Waals surface area (Å²) in [6.45, 7) is 4.15. The molecule has 0 aromatic heterocycles. The molecule has 1 aromatic rings. The van der Waals surface area contributed by atoms with Gasteiger partial charge in [-0.15, -0.1) is 0 Å². The lowest BCUT2D eigenvalue weighted by molar-refractivity contribution is 0.0776. The maximum Gasteiger partial charge on any atom is 0.254 e. The fourth-order valence-corrected chi connectivity index (χ4v) is 2.48. The van der Waals surface area contributed by atoms with Crippen LogP contribution in [0.25, 0.3) is 0 Å². The van der Waals surface area contributed by atoms with Gasteiger partial charge >= 0.3 is 0 Å². The SMILES string of the molecule is COc1cc(OC)cc(C(=O)N2CCC(C)(CN)C2)c1. The highest BCUT2D eigenvalue weighted by molar-refractivity contribution is 5.95. The van der Waals surface area contributed by atoms with Gasteiger partial charge in [0.05, 0.1) is 14.2 Å². The lowest BCUT2D eigenvalue weighted by Gasteiger charge is -2.22. The summed E-state index contributed by atoms with van der Waals surface area (Å²) in [6.07, 6.45) is 0.941. The van der Waals surface area contributed by atoms with E-state index >= 15 is 0 Å². The Labute approximate surface area is 119 Å². The lowest BCUT2D eigenvalue weighted by Crippen LogP contribution is -2.34. The second-order valence-electron chi connectivity index (χ2n) is 5.59. The molecule has 0 spiro atoms. The molecule has 1 unspecified atom stereocenters. The molecule has 0 bridgehead atoms. The fourth-order valence-electron chi connectivity index (χ4n) is 2.48. The van der Waals surface area contributed by atoms with Crippen LogP contribution in [0.15, 0.2) is 18.2 Å². The minimum atomic E-state index is -0.000579. The van der Waals surface area contributed by atoms with Gasteiger partial charge in [0, 0.05) is 24.7 Å². The van der Waals surface area contributed by atoms with Crippen molar-refractivity contribution in [1.82, 2.24) is 4.90 Å². The Bertz CT molecular complexity index is 482. The number of ether oxygens (including phenoxy) is 2. The molecule has 2 N–H and O–H groups in total. The third-order valence-electron chi connectivity index (χ3n) is 3.94. The van der Waals surface area contributed by atoms with E-state index in [9.17, 15) is 4.79 Å². The van der Waals surface area contributed by atoms with Crippen molar-refractivity contribution in [1.29, 1.82) is 0 Å². The van der Waals surface area contributed by atoms with Gasteiger partial charge in [0.1, 0.15) is 11.5 Å². The fraction of sp³-hybridized carbons (Fsp3) is 0.533. The summed E-state index contributed by atoms with van der Waals surface area (Å²) in [6, 6.07) is 5.23. The first kappa shape index (κ1) is 14.7. The molecule has 1 aliphatic rings. The molecule has 0 radical (unpaired) electrons. The molecule has 5 nitrogen and oxygen atoms in total. The number of carbonyl (C=O) groups excluding carboxylic acids is 1. The molecule has 1 saturated heterocycles. The maximum atomic E-state index is 12.6. The van der Waals surface area contributed by atoms with Crippen LogP contribution in [-0.4, -0.2) is 44.7 Å². The van der Waals surface area contributed by atoms with Gasteiger partial charge < -0.3 is 20.1 Å². The summed E-state index contributed by atoms with van der Waals surface area (Å²) < 4.78 is 10.4. The minimum Gasteiger partial charge on any atom is -0.497 e. The predicted octanol–water partition coefficient (Wildman–Crippen LogP) is 1.51. The van der Waals surface area contributed by atoms with E-state index in [0.717, 1.165) is 13.0 Å². The van der Waals surface area contributed by atoms with Gasteiger partial charge in [0.15, 0.2) is 0 Å². The summed E-state index contributed by atoms with van der Waals surface area (Å²) >= 11 is 0. The Morgan fingerprint density at radius 1 is 1.30 bits per heavy atom. The number of carbonyl (C=O) groups is 1. The number of nitrogens with zero attached hydrogens (tertiary/aromatic N) is 1. The Morgan fingerprint density at radius 2 is 1.90 bits per heavy atom. The van der Waals surface area contributed by atoms with Crippen LogP contribution >= 0.6 is 0 Å². The average Bonchev–Trinajstić information content (AvgIpc) is 2.89. The topological polar surface area (TPSA) is 64.8 Å². The zero-order valence-electron chi connectivity index (χ0n) is 12.3. The molecule has 1 fully saturated rings. The molecule has 110 valence electrons. The van der Waals surface area contributed by atoms with Gasteiger partial charge in [-0.1, -0.05) is 6.92 Å². The summed E-state index contributed by atoms with van der Waals surface area (Å²) in [7, 11) is 3.15. The third kappa shape index (κ3) is 2.88. The first-order chi connectivity index (χ1) is 9.51. The first-order valence-electron chi connectivity index (χ1n) is 6.74. The molecule has 20 heavy (non-hydrogen) atoms. The summed E-state index contributed by atoms with van der Waals surface area (Å²) in [5, 5.41) is 0. The van der Waals surface area contributed by atoms with Crippen LogP contribution in [0.2, 0.25) is 0 Å². The Morgan fingerprint density at radius 3 is 2.35 bits per heavy atom. The molecular weight excluding hydrogens is 256 g/mol. The van der Waals surface area contributed by atoms with Gasteiger partial charge in [-0.2, -0.15) is 0 Å². The molecule has 2 rings (SSSR count). The quantitative estimate of drug-likeness (QED) is 0.907. The molecule has 5 heteroatoms. The van der Waals surface area contributed by atoms with E-state index in [-0.39, 0.29) is 11.3 Å². The van der Waals surface area contributed by atoms with Crippen molar-refractivity contribution in [3.63, 3.8) is 0 Å². The van der Waals surface area contributed by atoms with Crippen molar-refractivity contribution in [3.05, 3.63) is 23.8 Å². The molecule has 0 aliphatic carbocycles. The van der Waals surface area contributed by atoms with Gasteiger partial charge in [-0.3, -0.25) is 4.79 Å². The number of likely N-dealkylation sites (tertiary alicyclic amines) is 1.